The van der Waals surface area contributed by atoms with Gasteiger partial charge in [-0.05, 0) is 6.92 Å². The van der Waals surface area contributed by atoms with Crippen molar-refractivity contribution in [2.24, 2.45) is 0 Å². The molecule has 0 bridgehead atoms. The standard InChI is InChI=1S/C12H8N4OS/c1-6-13-14-12-16(6)15-9-7-4-2-3-5-8(7)10(17)11(9)18-12/h2-5,15H,1H3. The number of H-pyrrole nitrogens is 1. The Balaban J connectivity index is 2.42. The first-order valence-electron chi connectivity index (χ1n) is 5.51. The molecular weight excluding hydrogens is 248 g/mol. The fraction of sp³-hybridized carbons (Fsp3) is 0.0833. The van der Waals surface area contributed by atoms with Crippen molar-refractivity contribution in [3.05, 3.63) is 50.2 Å². The molecule has 6 heteroatoms. The van der Waals surface area contributed by atoms with Crippen LogP contribution in [-0.2, 0) is 0 Å². The van der Waals surface area contributed by atoms with Gasteiger partial charge in [0.25, 0.3) is 0 Å². The summed E-state index contributed by atoms with van der Waals surface area (Å²) < 4.78 is 2.51. The van der Waals surface area contributed by atoms with E-state index in [0.717, 1.165) is 21.9 Å². The van der Waals surface area contributed by atoms with Gasteiger partial charge in [-0.25, -0.2) is 4.52 Å². The lowest BCUT2D eigenvalue weighted by Crippen LogP contribution is -1.98. The first-order valence-corrected chi connectivity index (χ1v) is 6.32. The largest absolute Gasteiger partial charge is 0.288 e. The smallest absolute Gasteiger partial charge is 0.231 e. The van der Waals surface area contributed by atoms with E-state index in [1.165, 1.54) is 11.3 Å². The molecule has 0 saturated carbocycles. The molecule has 0 amide bonds. The summed E-state index contributed by atoms with van der Waals surface area (Å²) in [6, 6.07) is 7.62. The Kier molecular flexibility index (Phi) is 1.72. The highest BCUT2D eigenvalue weighted by atomic mass is 32.1. The minimum absolute atomic E-state index is 0.0602. The fourth-order valence-electron chi connectivity index (χ4n) is 2.21. The maximum absolute atomic E-state index is 12.3. The predicted octanol–water partition coefficient (Wildman–Crippen LogP) is 1.67. The van der Waals surface area contributed by atoms with Crippen LogP contribution in [0, 0.1) is 16.8 Å². The quantitative estimate of drug-likeness (QED) is 0.520. The van der Waals surface area contributed by atoms with Crippen molar-refractivity contribution in [2.75, 3.05) is 0 Å². The van der Waals surface area contributed by atoms with E-state index in [9.17, 15) is 4.79 Å². The highest BCUT2D eigenvalue weighted by Crippen LogP contribution is 2.17. The number of nitrogens with one attached hydrogen (secondary N) is 1. The van der Waals surface area contributed by atoms with Gasteiger partial charge in [-0.2, -0.15) is 0 Å². The Morgan fingerprint density at radius 3 is 2.83 bits per heavy atom. The monoisotopic (exact) mass is 256 g/mol. The normalized spacial score (nSPS) is 11.8. The minimum atomic E-state index is 0.0602. The molecule has 1 aliphatic carbocycles. The van der Waals surface area contributed by atoms with E-state index < -0.39 is 0 Å². The van der Waals surface area contributed by atoms with Crippen molar-refractivity contribution >= 4 is 27.1 Å². The van der Waals surface area contributed by atoms with Crippen molar-refractivity contribution in [1.29, 1.82) is 0 Å². The molecule has 88 valence electrons. The Labute approximate surface area is 104 Å². The van der Waals surface area contributed by atoms with Gasteiger partial charge in [-0.3, -0.25) is 9.89 Å². The fourth-order valence-corrected chi connectivity index (χ4v) is 3.20. The van der Waals surface area contributed by atoms with E-state index in [-0.39, 0.29) is 5.43 Å². The minimum Gasteiger partial charge on any atom is -0.288 e. The van der Waals surface area contributed by atoms with Gasteiger partial charge in [0.2, 0.25) is 10.4 Å². The number of nitrogens with zero attached hydrogens (tertiary/aromatic N) is 3. The topological polar surface area (TPSA) is 63.0 Å². The third-order valence-electron chi connectivity index (χ3n) is 3.09. The molecule has 2 aliphatic rings. The van der Waals surface area contributed by atoms with Crippen LogP contribution in [0.2, 0.25) is 0 Å². The summed E-state index contributed by atoms with van der Waals surface area (Å²) in [5.74, 6) is 0.779. The third-order valence-corrected chi connectivity index (χ3v) is 4.13. The van der Waals surface area contributed by atoms with Gasteiger partial charge in [0.1, 0.15) is 4.53 Å². The van der Waals surface area contributed by atoms with Crippen molar-refractivity contribution < 1.29 is 0 Å². The molecule has 2 heterocycles. The molecule has 1 N–H and O–H groups in total. The number of aryl methyl sites for hydroxylation is 1. The van der Waals surface area contributed by atoms with E-state index in [2.05, 4.69) is 15.3 Å². The van der Waals surface area contributed by atoms with E-state index in [4.69, 9.17) is 0 Å². The molecule has 0 atom stereocenters. The average Bonchev–Trinajstić information content (AvgIpc) is 2.90. The molecule has 0 unspecified atom stereocenters. The first kappa shape index (κ1) is 9.78. The molecule has 1 aliphatic heterocycles. The number of fused-ring (bicyclic) bond motifs is 3. The number of aromatic amines is 1. The van der Waals surface area contributed by atoms with E-state index in [1.54, 1.807) is 4.52 Å². The second kappa shape index (κ2) is 3.17. The molecule has 1 aromatic carbocycles. The van der Waals surface area contributed by atoms with E-state index in [0.29, 0.717) is 9.49 Å². The molecule has 2 aromatic rings. The van der Waals surface area contributed by atoms with Crippen LogP contribution in [0.3, 0.4) is 0 Å². The molecular formula is C12H8N4OS. The molecule has 0 spiro atoms. The van der Waals surface area contributed by atoms with Gasteiger partial charge in [0, 0.05) is 10.8 Å². The Morgan fingerprint density at radius 2 is 2.00 bits per heavy atom. The van der Waals surface area contributed by atoms with Crippen LogP contribution >= 0.6 is 11.3 Å². The lowest BCUT2D eigenvalue weighted by atomic mass is 10.2. The summed E-state index contributed by atoms with van der Waals surface area (Å²) in [4.78, 5) is 13.0. The van der Waals surface area contributed by atoms with Gasteiger partial charge in [0.05, 0.1) is 5.35 Å². The number of hydrogen-bond acceptors (Lipinski definition) is 4. The molecule has 5 nitrogen and oxygen atoms in total. The molecule has 4 rings (SSSR count). The lowest BCUT2D eigenvalue weighted by Gasteiger charge is -1.94. The molecule has 18 heavy (non-hydrogen) atoms. The number of hydrogen-bond donors (Lipinski definition) is 1. The summed E-state index contributed by atoms with van der Waals surface area (Å²) in [6.45, 7) is 1.87. The molecule has 0 fully saturated rings. The van der Waals surface area contributed by atoms with Crippen molar-refractivity contribution in [1.82, 2.24) is 19.8 Å². The van der Waals surface area contributed by atoms with Gasteiger partial charge >= 0.3 is 0 Å². The summed E-state index contributed by atoms with van der Waals surface area (Å²) >= 11 is 1.37. The second-order valence-corrected chi connectivity index (χ2v) is 5.14. The zero-order valence-electron chi connectivity index (χ0n) is 9.47. The highest BCUT2D eigenvalue weighted by Gasteiger charge is 2.10. The van der Waals surface area contributed by atoms with Gasteiger partial charge in [-0.15, -0.1) is 10.2 Å². The van der Waals surface area contributed by atoms with Gasteiger partial charge in [-0.1, -0.05) is 35.6 Å². The van der Waals surface area contributed by atoms with Gasteiger partial charge in [0.15, 0.2) is 5.82 Å². The van der Waals surface area contributed by atoms with Crippen LogP contribution in [-0.4, -0.2) is 19.8 Å². The lowest BCUT2D eigenvalue weighted by molar-refractivity contribution is 0.869. The highest BCUT2D eigenvalue weighted by molar-refractivity contribution is 7.15. The van der Waals surface area contributed by atoms with Crippen LogP contribution in [0.1, 0.15) is 5.82 Å². The Bertz CT molecular complexity index is 1010. The summed E-state index contributed by atoms with van der Waals surface area (Å²) in [5.41, 5.74) is 0.0602. The number of aromatic nitrogens is 4. The summed E-state index contributed by atoms with van der Waals surface area (Å²) in [6.07, 6.45) is 0. The molecule has 0 radical (unpaired) electrons. The zero-order valence-corrected chi connectivity index (χ0v) is 10.3. The van der Waals surface area contributed by atoms with Crippen LogP contribution in [0.5, 0.6) is 0 Å². The number of rotatable bonds is 0. The van der Waals surface area contributed by atoms with Crippen molar-refractivity contribution in [3.8, 4) is 0 Å². The van der Waals surface area contributed by atoms with Crippen LogP contribution in [0.25, 0.3) is 15.7 Å². The van der Waals surface area contributed by atoms with E-state index >= 15 is 0 Å². The maximum Gasteiger partial charge on any atom is 0.231 e. The summed E-state index contributed by atoms with van der Waals surface area (Å²) in [5, 5.41) is 13.8. The van der Waals surface area contributed by atoms with Crippen molar-refractivity contribution in [2.45, 2.75) is 6.92 Å². The van der Waals surface area contributed by atoms with Crippen molar-refractivity contribution in [3.63, 3.8) is 0 Å². The van der Waals surface area contributed by atoms with Crippen LogP contribution < -0.4 is 5.43 Å². The first-order chi connectivity index (χ1) is 8.75. The van der Waals surface area contributed by atoms with Crippen LogP contribution in [0.15, 0.2) is 29.1 Å². The second-order valence-electron chi connectivity index (χ2n) is 4.16. The predicted molar refractivity (Wildman–Crippen MR) is 69.0 cm³/mol. The Morgan fingerprint density at radius 1 is 1.22 bits per heavy atom. The zero-order chi connectivity index (χ0) is 12.3. The number of benzene rings is 1. The Hall–Kier alpha value is -2.21. The average molecular weight is 256 g/mol. The van der Waals surface area contributed by atoms with Gasteiger partial charge < -0.3 is 0 Å². The van der Waals surface area contributed by atoms with Crippen LogP contribution in [0.4, 0.5) is 0 Å². The molecule has 0 saturated heterocycles. The third kappa shape index (κ3) is 1.08. The molecule has 1 aromatic heterocycles. The summed E-state index contributed by atoms with van der Waals surface area (Å²) in [7, 11) is 0. The maximum atomic E-state index is 12.3. The SMILES string of the molecule is Cc1nnc2sc3c(=O)c4ccccc4c=3[nH]n12. The van der Waals surface area contributed by atoms with E-state index in [1.807, 2.05) is 31.2 Å².